The highest BCUT2D eigenvalue weighted by Gasteiger charge is 1.98. The van der Waals surface area contributed by atoms with Crippen molar-refractivity contribution in [2.45, 2.75) is 0 Å². The Bertz CT molecular complexity index is 507. The molecule has 0 spiro atoms. The third-order valence-electron chi connectivity index (χ3n) is 3.55. The summed E-state index contributed by atoms with van der Waals surface area (Å²) in [7, 11) is 0. The van der Waals surface area contributed by atoms with Gasteiger partial charge >= 0.3 is 0 Å². The minimum absolute atomic E-state index is 0.463. The molecule has 0 aliphatic rings. The van der Waals surface area contributed by atoms with Crippen LogP contribution in [0.1, 0.15) is 5.56 Å². The summed E-state index contributed by atoms with van der Waals surface area (Å²) >= 11 is 0. The molecule has 0 saturated carbocycles. The molecule has 164 valence electrons. The first-order chi connectivity index (χ1) is 14.3. The maximum atomic E-state index is 5.55. The van der Waals surface area contributed by atoms with Gasteiger partial charge in [0.05, 0.1) is 72.3 Å². The van der Waals surface area contributed by atoms with E-state index < -0.39 is 0 Å². The number of rotatable bonds is 21. The Morgan fingerprint density at radius 1 is 0.621 bits per heavy atom. The van der Waals surface area contributed by atoms with E-state index in [2.05, 4.69) is 13.2 Å². The van der Waals surface area contributed by atoms with E-state index in [0.29, 0.717) is 85.0 Å². The average molecular weight is 411 g/mol. The van der Waals surface area contributed by atoms with Crippen LogP contribution in [-0.2, 0) is 33.2 Å². The predicted octanol–water partition coefficient (Wildman–Crippen LogP) is 2.92. The topological polar surface area (TPSA) is 64.6 Å². The van der Waals surface area contributed by atoms with Crippen molar-refractivity contribution in [1.82, 2.24) is 0 Å². The molecule has 0 aliphatic carbocycles. The van der Waals surface area contributed by atoms with E-state index in [1.54, 1.807) is 0 Å². The molecule has 0 unspecified atom stereocenters. The second-order valence-electron chi connectivity index (χ2n) is 5.74. The van der Waals surface area contributed by atoms with E-state index in [1.165, 1.54) is 6.26 Å². The summed E-state index contributed by atoms with van der Waals surface area (Å²) in [6.07, 6.45) is 1.40. The highest BCUT2D eigenvalue weighted by molar-refractivity contribution is 5.56. The second-order valence-corrected chi connectivity index (χ2v) is 5.74. The van der Waals surface area contributed by atoms with Crippen LogP contribution in [-0.4, -0.2) is 79.3 Å². The molecule has 0 amide bonds. The van der Waals surface area contributed by atoms with Gasteiger partial charge in [-0.15, -0.1) is 0 Å². The zero-order valence-corrected chi connectivity index (χ0v) is 17.2. The normalized spacial score (nSPS) is 10.6. The van der Waals surface area contributed by atoms with Crippen LogP contribution in [0.2, 0.25) is 0 Å². The monoisotopic (exact) mass is 410 g/mol. The van der Waals surface area contributed by atoms with Crippen molar-refractivity contribution in [2.24, 2.45) is 0 Å². The lowest BCUT2D eigenvalue weighted by atomic mass is 10.2. The van der Waals surface area contributed by atoms with Crippen LogP contribution in [0.25, 0.3) is 5.76 Å². The van der Waals surface area contributed by atoms with Crippen LogP contribution in [0, 0.1) is 0 Å². The fraction of sp³-hybridized carbons (Fsp3) is 0.545. The van der Waals surface area contributed by atoms with E-state index in [1.807, 2.05) is 30.3 Å². The van der Waals surface area contributed by atoms with Crippen LogP contribution in [0.3, 0.4) is 0 Å². The number of benzene rings is 1. The van der Waals surface area contributed by atoms with Gasteiger partial charge in [0.25, 0.3) is 0 Å². The molecule has 0 heterocycles. The molecule has 0 bridgehead atoms. The molecule has 0 aliphatic heterocycles. The van der Waals surface area contributed by atoms with Crippen LogP contribution in [0.5, 0.6) is 0 Å². The molecule has 7 heteroatoms. The van der Waals surface area contributed by atoms with Crippen LogP contribution in [0.4, 0.5) is 0 Å². The number of hydrogen-bond acceptors (Lipinski definition) is 7. The van der Waals surface area contributed by atoms with Crippen molar-refractivity contribution < 1.29 is 33.2 Å². The molecule has 0 N–H and O–H groups in total. The summed E-state index contributed by atoms with van der Waals surface area (Å²) < 4.78 is 37.5. The van der Waals surface area contributed by atoms with Gasteiger partial charge in [-0.1, -0.05) is 43.5 Å². The maximum Gasteiger partial charge on any atom is 0.119 e. The lowest BCUT2D eigenvalue weighted by Gasteiger charge is -2.10. The van der Waals surface area contributed by atoms with Crippen molar-refractivity contribution >= 4 is 5.76 Å². The molecule has 0 atom stereocenters. The fourth-order valence-electron chi connectivity index (χ4n) is 2.10. The summed E-state index contributed by atoms with van der Waals surface area (Å²) in [5.74, 6) is 0.650. The summed E-state index contributed by atoms with van der Waals surface area (Å²) in [5.41, 5.74) is 0.976. The van der Waals surface area contributed by atoms with Gasteiger partial charge < -0.3 is 33.2 Å². The van der Waals surface area contributed by atoms with Gasteiger partial charge in [-0.25, -0.2) is 0 Å². The predicted molar refractivity (Wildman–Crippen MR) is 112 cm³/mol. The highest BCUT2D eigenvalue weighted by atomic mass is 16.6. The molecule has 1 rings (SSSR count). The zero-order valence-electron chi connectivity index (χ0n) is 17.2. The molecule has 0 fully saturated rings. The van der Waals surface area contributed by atoms with E-state index in [-0.39, 0.29) is 0 Å². The molecule has 0 radical (unpaired) electrons. The van der Waals surface area contributed by atoms with Crippen molar-refractivity contribution in [1.29, 1.82) is 0 Å². The van der Waals surface area contributed by atoms with Crippen molar-refractivity contribution in [3.05, 3.63) is 55.3 Å². The Kier molecular flexibility index (Phi) is 16.8. The van der Waals surface area contributed by atoms with Crippen LogP contribution >= 0.6 is 0 Å². The van der Waals surface area contributed by atoms with Gasteiger partial charge in [0.2, 0.25) is 0 Å². The fourth-order valence-corrected chi connectivity index (χ4v) is 2.10. The molecular weight excluding hydrogens is 376 g/mol. The zero-order chi connectivity index (χ0) is 20.8. The first-order valence-electron chi connectivity index (χ1n) is 9.83. The Labute approximate surface area is 174 Å². The molecule has 0 saturated heterocycles. The Balaban J connectivity index is 1.73. The first kappa shape index (κ1) is 25.1. The van der Waals surface area contributed by atoms with Gasteiger partial charge in [-0.2, -0.15) is 0 Å². The smallest absolute Gasteiger partial charge is 0.119 e. The van der Waals surface area contributed by atoms with Gasteiger partial charge in [-0.05, 0) is 0 Å². The van der Waals surface area contributed by atoms with Gasteiger partial charge in [0.15, 0.2) is 0 Å². The van der Waals surface area contributed by atoms with E-state index in [9.17, 15) is 0 Å². The quantitative estimate of drug-likeness (QED) is 0.228. The summed E-state index contributed by atoms with van der Waals surface area (Å²) in [6, 6.07) is 9.78. The first-order valence-corrected chi connectivity index (χ1v) is 9.83. The van der Waals surface area contributed by atoms with Gasteiger partial charge in [0.1, 0.15) is 19.0 Å². The average Bonchev–Trinajstić information content (AvgIpc) is 2.75. The van der Waals surface area contributed by atoms with E-state index in [0.717, 1.165) is 5.56 Å². The van der Waals surface area contributed by atoms with E-state index >= 15 is 0 Å². The van der Waals surface area contributed by atoms with Gasteiger partial charge in [0, 0.05) is 5.56 Å². The maximum absolute atomic E-state index is 5.55. The third kappa shape index (κ3) is 15.7. The summed E-state index contributed by atoms with van der Waals surface area (Å²) in [5, 5.41) is 0. The molecular formula is C22H34O7. The molecule has 1 aromatic carbocycles. The lowest BCUT2D eigenvalue weighted by Crippen LogP contribution is -2.14. The molecule has 7 nitrogen and oxygen atoms in total. The summed E-state index contributed by atoms with van der Waals surface area (Å²) in [4.78, 5) is 0. The highest BCUT2D eigenvalue weighted by Crippen LogP contribution is 2.12. The lowest BCUT2D eigenvalue weighted by molar-refractivity contribution is -0.0154. The van der Waals surface area contributed by atoms with Crippen LogP contribution in [0.15, 0.2) is 49.8 Å². The minimum atomic E-state index is 0.463. The van der Waals surface area contributed by atoms with E-state index in [4.69, 9.17) is 33.2 Å². The Hall–Kier alpha value is -1.90. The minimum Gasteiger partial charge on any atom is -0.499 e. The van der Waals surface area contributed by atoms with Crippen LogP contribution < -0.4 is 0 Å². The molecule has 0 aromatic heterocycles. The molecule has 29 heavy (non-hydrogen) atoms. The Morgan fingerprint density at radius 2 is 1.03 bits per heavy atom. The third-order valence-corrected chi connectivity index (χ3v) is 3.55. The largest absolute Gasteiger partial charge is 0.499 e. The van der Waals surface area contributed by atoms with Crippen molar-refractivity contribution in [2.75, 3.05) is 79.3 Å². The van der Waals surface area contributed by atoms with Gasteiger partial charge in [-0.3, -0.25) is 0 Å². The number of hydrogen-bond donors (Lipinski definition) is 0. The standard InChI is InChI=1S/C22H34O7/c1-3-23-9-10-24-11-12-25-13-14-26-15-16-27-17-18-28-19-20-29-21(2)22-7-5-4-6-8-22/h3-8H,1-2,9-20H2. The second kappa shape index (κ2) is 19.4. The van der Waals surface area contributed by atoms with Crippen molar-refractivity contribution in [3.8, 4) is 0 Å². The number of ether oxygens (including phenoxy) is 7. The molecule has 1 aromatic rings. The SMILES string of the molecule is C=COCCOCCOCCOCCOCCOCCOC(=C)c1ccccc1. The summed E-state index contributed by atoms with van der Waals surface area (Å²) in [6.45, 7) is 13.6. The van der Waals surface area contributed by atoms with Crippen molar-refractivity contribution in [3.63, 3.8) is 0 Å². The Morgan fingerprint density at radius 3 is 1.48 bits per heavy atom.